The topological polar surface area (TPSA) is 58.6 Å². The van der Waals surface area contributed by atoms with Gasteiger partial charge in [-0.15, -0.1) is 0 Å². The summed E-state index contributed by atoms with van der Waals surface area (Å²) in [5, 5.41) is 11.7. The minimum absolute atomic E-state index is 0.00300. The van der Waals surface area contributed by atoms with Gasteiger partial charge in [0.15, 0.2) is 0 Å². The Bertz CT molecular complexity index is 204. The van der Waals surface area contributed by atoms with Gasteiger partial charge in [-0.1, -0.05) is 13.3 Å². The van der Waals surface area contributed by atoms with E-state index in [1.54, 1.807) is 7.11 Å². The summed E-state index contributed by atoms with van der Waals surface area (Å²) in [5.41, 5.74) is -0.414. The number of aliphatic hydroxyl groups excluding tert-OH is 1. The summed E-state index contributed by atoms with van der Waals surface area (Å²) in [6.07, 6.45) is 2.07. The first-order valence-electron chi connectivity index (χ1n) is 5.88. The highest BCUT2D eigenvalue weighted by atomic mass is 16.5. The van der Waals surface area contributed by atoms with Gasteiger partial charge in [-0.3, -0.25) is 4.79 Å². The molecule has 0 saturated heterocycles. The summed E-state index contributed by atoms with van der Waals surface area (Å²) in [6.45, 7) is 6.65. The second-order valence-electron chi connectivity index (χ2n) is 4.73. The van der Waals surface area contributed by atoms with Crippen LogP contribution in [-0.2, 0) is 9.53 Å². The molecule has 0 radical (unpaired) electrons. The van der Waals surface area contributed by atoms with Crippen LogP contribution in [0.4, 0.5) is 0 Å². The standard InChI is InChI=1S/C12H25NO3/c1-5-10(6-7-14)9-13-11(15)8-12(2,3)16-4/h10,14H,5-9H2,1-4H3,(H,13,15). The molecular formula is C12H25NO3. The number of rotatable bonds is 8. The van der Waals surface area contributed by atoms with Crippen molar-refractivity contribution in [2.75, 3.05) is 20.3 Å². The van der Waals surface area contributed by atoms with E-state index in [0.29, 0.717) is 18.9 Å². The molecule has 1 unspecified atom stereocenters. The van der Waals surface area contributed by atoms with Crippen LogP contribution in [0.3, 0.4) is 0 Å². The van der Waals surface area contributed by atoms with Crippen molar-refractivity contribution in [1.82, 2.24) is 5.32 Å². The lowest BCUT2D eigenvalue weighted by Gasteiger charge is -2.22. The van der Waals surface area contributed by atoms with Crippen molar-refractivity contribution in [1.29, 1.82) is 0 Å². The van der Waals surface area contributed by atoms with Crippen molar-refractivity contribution in [2.24, 2.45) is 5.92 Å². The highest BCUT2D eigenvalue weighted by Crippen LogP contribution is 2.12. The molecule has 1 atom stereocenters. The van der Waals surface area contributed by atoms with Crippen molar-refractivity contribution < 1.29 is 14.6 Å². The molecule has 16 heavy (non-hydrogen) atoms. The van der Waals surface area contributed by atoms with Crippen LogP contribution >= 0.6 is 0 Å². The van der Waals surface area contributed by atoms with E-state index >= 15 is 0 Å². The van der Waals surface area contributed by atoms with Crippen LogP contribution < -0.4 is 5.32 Å². The first-order valence-corrected chi connectivity index (χ1v) is 5.88. The summed E-state index contributed by atoms with van der Waals surface area (Å²) in [5.74, 6) is 0.364. The van der Waals surface area contributed by atoms with Gasteiger partial charge in [0.05, 0.1) is 12.0 Å². The lowest BCUT2D eigenvalue weighted by molar-refractivity contribution is -0.126. The van der Waals surface area contributed by atoms with E-state index in [1.165, 1.54) is 0 Å². The highest BCUT2D eigenvalue weighted by molar-refractivity contribution is 5.76. The molecule has 0 fully saturated rings. The SMILES string of the molecule is CCC(CCO)CNC(=O)CC(C)(C)OC. The zero-order chi connectivity index (χ0) is 12.6. The molecule has 0 saturated carbocycles. The molecule has 4 heteroatoms. The van der Waals surface area contributed by atoms with Crippen LogP contribution in [0.2, 0.25) is 0 Å². The Labute approximate surface area is 98.4 Å². The Hall–Kier alpha value is -0.610. The number of carbonyl (C=O) groups excluding carboxylic acids is 1. The summed E-state index contributed by atoms with van der Waals surface area (Å²) < 4.78 is 5.19. The molecule has 0 heterocycles. The first kappa shape index (κ1) is 15.4. The molecule has 0 aromatic rings. The van der Waals surface area contributed by atoms with Gasteiger partial charge in [0.25, 0.3) is 0 Å². The van der Waals surface area contributed by atoms with Crippen LogP contribution in [0, 0.1) is 5.92 Å². The van der Waals surface area contributed by atoms with E-state index in [9.17, 15) is 4.79 Å². The third-order valence-corrected chi connectivity index (χ3v) is 2.84. The molecule has 0 aliphatic rings. The van der Waals surface area contributed by atoms with Gasteiger partial charge in [0.1, 0.15) is 0 Å². The van der Waals surface area contributed by atoms with E-state index in [2.05, 4.69) is 12.2 Å². The number of carbonyl (C=O) groups is 1. The number of hydrogen-bond acceptors (Lipinski definition) is 3. The minimum atomic E-state index is -0.414. The lowest BCUT2D eigenvalue weighted by atomic mass is 10.0. The number of methoxy groups -OCH3 is 1. The Balaban J connectivity index is 3.88. The van der Waals surface area contributed by atoms with Crippen molar-refractivity contribution in [3.05, 3.63) is 0 Å². The summed E-state index contributed by atoms with van der Waals surface area (Å²) >= 11 is 0. The third-order valence-electron chi connectivity index (χ3n) is 2.84. The van der Waals surface area contributed by atoms with Crippen LogP contribution in [0.15, 0.2) is 0 Å². The molecule has 0 rings (SSSR count). The summed E-state index contributed by atoms with van der Waals surface area (Å²) in [7, 11) is 1.61. The van der Waals surface area contributed by atoms with Crippen molar-refractivity contribution in [3.8, 4) is 0 Å². The fraction of sp³-hybridized carbons (Fsp3) is 0.917. The Morgan fingerprint density at radius 3 is 2.56 bits per heavy atom. The van der Waals surface area contributed by atoms with Gasteiger partial charge in [0, 0.05) is 20.3 Å². The zero-order valence-corrected chi connectivity index (χ0v) is 10.9. The average molecular weight is 231 g/mol. The third kappa shape index (κ3) is 6.80. The summed E-state index contributed by atoms with van der Waals surface area (Å²) in [6, 6.07) is 0. The van der Waals surface area contributed by atoms with Gasteiger partial charge < -0.3 is 15.2 Å². The molecule has 1 amide bonds. The van der Waals surface area contributed by atoms with Crippen molar-refractivity contribution in [2.45, 2.75) is 45.6 Å². The molecule has 96 valence electrons. The summed E-state index contributed by atoms with van der Waals surface area (Å²) in [4.78, 5) is 11.6. The zero-order valence-electron chi connectivity index (χ0n) is 10.9. The molecule has 2 N–H and O–H groups in total. The smallest absolute Gasteiger partial charge is 0.222 e. The fourth-order valence-electron chi connectivity index (χ4n) is 1.41. The largest absolute Gasteiger partial charge is 0.396 e. The van der Waals surface area contributed by atoms with Crippen LogP contribution in [0.5, 0.6) is 0 Å². The van der Waals surface area contributed by atoms with Gasteiger partial charge in [-0.05, 0) is 26.2 Å². The van der Waals surface area contributed by atoms with E-state index in [1.807, 2.05) is 13.8 Å². The number of hydrogen-bond donors (Lipinski definition) is 2. The molecule has 0 aliphatic carbocycles. The number of nitrogens with one attached hydrogen (secondary N) is 1. The van der Waals surface area contributed by atoms with Gasteiger partial charge >= 0.3 is 0 Å². The fourth-order valence-corrected chi connectivity index (χ4v) is 1.41. The van der Waals surface area contributed by atoms with Gasteiger partial charge in [-0.2, -0.15) is 0 Å². The van der Waals surface area contributed by atoms with Crippen LogP contribution in [-0.4, -0.2) is 36.9 Å². The maximum atomic E-state index is 11.6. The van der Waals surface area contributed by atoms with Crippen molar-refractivity contribution in [3.63, 3.8) is 0 Å². The van der Waals surface area contributed by atoms with Crippen LogP contribution in [0.1, 0.15) is 40.0 Å². The maximum absolute atomic E-state index is 11.6. The lowest BCUT2D eigenvalue weighted by Crippen LogP contribution is -2.36. The Kier molecular flexibility index (Phi) is 7.34. The molecule has 0 aromatic carbocycles. The molecule has 0 aromatic heterocycles. The minimum Gasteiger partial charge on any atom is -0.396 e. The molecule has 0 bridgehead atoms. The highest BCUT2D eigenvalue weighted by Gasteiger charge is 2.21. The van der Waals surface area contributed by atoms with Gasteiger partial charge in [-0.25, -0.2) is 0 Å². The van der Waals surface area contributed by atoms with E-state index in [0.717, 1.165) is 12.8 Å². The number of amides is 1. The molecular weight excluding hydrogens is 206 g/mol. The number of aliphatic hydroxyl groups is 1. The monoisotopic (exact) mass is 231 g/mol. The first-order chi connectivity index (χ1) is 7.45. The van der Waals surface area contributed by atoms with E-state index in [4.69, 9.17) is 9.84 Å². The van der Waals surface area contributed by atoms with Crippen LogP contribution in [0.25, 0.3) is 0 Å². The Morgan fingerprint density at radius 2 is 2.12 bits per heavy atom. The average Bonchev–Trinajstić information content (AvgIpc) is 2.23. The van der Waals surface area contributed by atoms with Gasteiger partial charge in [0.2, 0.25) is 5.91 Å². The predicted molar refractivity (Wildman–Crippen MR) is 64.2 cm³/mol. The molecule has 0 aliphatic heterocycles. The van der Waals surface area contributed by atoms with E-state index in [-0.39, 0.29) is 12.5 Å². The molecule has 4 nitrogen and oxygen atoms in total. The Morgan fingerprint density at radius 1 is 1.50 bits per heavy atom. The quantitative estimate of drug-likeness (QED) is 0.662. The number of ether oxygens (including phenoxy) is 1. The second-order valence-corrected chi connectivity index (χ2v) is 4.73. The molecule has 0 spiro atoms. The predicted octanol–water partition coefficient (Wildman–Crippen LogP) is 1.33. The van der Waals surface area contributed by atoms with E-state index < -0.39 is 5.60 Å². The normalized spacial score (nSPS) is 13.6. The van der Waals surface area contributed by atoms with Crippen molar-refractivity contribution >= 4 is 5.91 Å². The second kappa shape index (κ2) is 7.63. The maximum Gasteiger partial charge on any atom is 0.222 e.